The number of ether oxygens (including phenoxy) is 1. The molecule has 0 saturated heterocycles. The molecule has 1 aliphatic rings. The van der Waals surface area contributed by atoms with Gasteiger partial charge in [0.2, 0.25) is 5.82 Å². The van der Waals surface area contributed by atoms with Gasteiger partial charge in [0.25, 0.3) is 0 Å². The summed E-state index contributed by atoms with van der Waals surface area (Å²) in [5.74, 6) is -0.736. The molecule has 0 aliphatic heterocycles. The smallest absolute Gasteiger partial charge is 0.305 e. The largest absolute Gasteiger partial charge is 0.490 e. The Bertz CT molecular complexity index is 472. The summed E-state index contributed by atoms with van der Waals surface area (Å²) < 4.78 is 18.7. The van der Waals surface area contributed by atoms with Crippen LogP contribution in [0.4, 0.5) is 10.1 Å². The predicted molar refractivity (Wildman–Crippen MR) is 66.6 cm³/mol. The Morgan fingerprint density at radius 3 is 2.63 bits per heavy atom. The van der Waals surface area contributed by atoms with E-state index in [1.165, 1.54) is 6.07 Å². The van der Waals surface area contributed by atoms with E-state index < -0.39 is 22.0 Å². The van der Waals surface area contributed by atoms with Crippen LogP contribution < -0.4 is 4.74 Å². The van der Waals surface area contributed by atoms with Gasteiger partial charge in [-0.25, -0.2) is 0 Å². The van der Waals surface area contributed by atoms with Crippen LogP contribution in [0.2, 0.25) is 0 Å². The van der Waals surface area contributed by atoms with Gasteiger partial charge < -0.3 is 9.84 Å². The van der Waals surface area contributed by atoms with Crippen molar-refractivity contribution in [2.24, 2.45) is 0 Å². The quantitative estimate of drug-likeness (QED) is 0.673. The monoisotopic (exact) mass is 269 g/mol. The van der Waals surface area contributed by atoms with Crippen molar-refractivity contribution in [1.29, 1.82) is 0 Å². The summed E-state index contributed by atoms with van der Waals surface area (Å²) in [7, 11) is 0. The Morgan fingerprint density at radius 2 is 2.05 bits per heavy atom. The van der Waals surface area contributed by atoms with E-state index in [9.17, 15) is 19.6 Å². The molecule has 1 fully saturated rings. The highest BCUT2D eigenvalue weighted by molar-refractivity contribution is 5.37. The third kappa shape index (κ3) is 3.41. The molecule has 0 atom stereocenters. The minimum absolute atomic E-state index is 0.0876. The van der Waals surface area contributed by atoms with Crippen molar-refractivity contribution in [3.8, 4) is 5.75 Å². The topological polar surface area (TPSA) is 72.6 Å². The maximum absolute atomic E-state index is 13.4. The van der Waals surface area contributed by atoms with Gasteiger partial charge in [-0.1, -0.05) is 19.3 Å². The average molecular weight is 269 g/mol. The lowest BCUT2D eigenvalue weighted by Crippen LogP contribution is -2.37. The molecule has 5 nitrogen and oxygen atoms in total. The molecule has 0 bridgehead atoms. The van der Waals surface area contributed by atoms with Crippen LogP contribution in [-0.2, 0) is 0 Å². The standard InChI is InChI=1S/C13H16FNO4/c14-11-8-10(4-5-12(11)15(17)18)19-9-13(16)6-2-1-3-7-13/h4-5,8,16H,1-3,6-7,9H2. The number of hydrogen-bond donors (Lipinski definition) is 1. The van der Waals surface area contributed by atoms with Crippen LogP contribution in [0.3, 0.4) is 0 Å². The number of hydrogen-bond acceptors (Lipinski definition) is 4. The zero-order chi connectivity index (χ0) is 13.9. The average Bonchev–Trinajstić information content (AvgIpc) is 2.37. The molecule has 0 aromatic heterocycles. The molecule has 0 unspecified atom stereocenters. The lowest BCUT2D eigenvalue weighted by atomic mass is 9.85. The van der Waals surface area contributed by atoms with Crippen molar-refractivity contribution in [1.82, 2.24) is 0 Å². The Balaban J connectivity index is 2.00. The second kappa shape index (κ2) is 5.52. The Labute approximate surface area is 110 Å². The van der Waals surface area contributed by atoms with Crippen LogP contribution in [-0.4, -0.2) is 22.2 Å². The zero-order valence-electron chi connectivity index (χ0n) is 10.5. The van der Waals surface area contributed by atoms with Crippen molar-refractivity contribution < 1.29 is 19.2 Å². The molecule has 1 saturated carbocycles. The van der Waals surface area contributed by atoms with Gasteiger partial charge in [-0.3, -0.25) is 10.1 Å². The normalized spacial score (nSPS) is 18.0. The predicted octanol–water partition coefficient (Wildman–Crippen LogP) is 2.81. The lowest BCUT2D eigenvalue weighted by Gasteiger charge is -2.31. The number of nitro groups is 1. The fourth-order valence-electron chi connectivity index (χ4n) is 2.30. The second-order valence-electron chi connectivity index (χ2n) is 4.94. The van der Waals surface area contributed by atoms with Gasteiger partial charge in [0.1, 0.15) is 12.4 Å². The Morgan fingerprint density at radius 1 is 1.37 bits per heavy atom. The van der Waals surface area contributed by atoms with Gasteiger partial charge in [-0.2, -0.15) is 4.39 Å². The van der Waals surface area contributed by atoms with Crippen LogP contribution in [0, 0.1) is 15.9 Å². The van der Waals surface area contributed by atoms with Crippen molar-refractivity contribution in [3.63, 3.8) is 0 Å². The molecule has 1 aliphatic carbocycles. The summed E-state index contributed by atoms with van der Waals surface area (Å²) in [4.78, 5) is 9.69. The highest BCUT2D eigenvalue weighted by atomic mass is 19.1. The molecule has 0 heterocycles. The SMILES string of the molecule is O=[N+]([O-])c1ccc(OCC2(O)CCCCC2)cc1F. The Kier molecular flexibility index (Phi) is 3.99. The van der Waals surface area contributed by atoms with E-state index in [1.54, 1.807) is 0 Å². The van der Waals surface area contributed by atoms with Gasteiger partial charge in [0.15, 0.2) is 0 Å². The van der Waals surface area contributed by atoms with Crippen molar-refractivity contribution in [3.05, 3.63) is 34.1 Å². The van der Waals surface area contributed by atoms with Crippen molar-refractivity contribution in [2.75, 3.05) is 6.61 Å². The minimum Gasteiger partial charge on any atom is -0.490 e. The molecular formula is C13H16FNO4. The summed E-state index contributed by atoms with van der Waals surface area (Å²) in [6.07, 6.45) is 4.35. The number of nitrogens with zero attached hydrogens (tertiary/aromatic N) is 1. The van der Waals surface area contributed by atoms with E-state index >= 15 is 0 Å². The molecule has 19 heavy (non-hydrogen) atoms. The molecule has 6 heteroatoms. The zero-order valence-corrected chi connectivity index (χ0v) is 10.5. The number of nitro benzene ring substituents is 1. The highest BCUT2D eigenvalue weighted by Crippen LogP contribution is 2.29. The van der Waals surface area contributed by atoms with E-state index in [2.05, 4.69) is 0 Å². The first-order valence-corrected chi connectivity index (χ1v) is 6.29. The first kappa shape index (κ1) is 13.7. The van der Waals surface area contributed by atoms with Crippen LogP contribution in [0.5, 0.6) is 5.75 Å². The van der Waals surface area contributed by atoms with Crippen LogP contribution in [0.25, 0.3) is 0 Å². The Hall–Kier alpha value is -1.69. The maximum Gasteiger partial charge on any atom is 0.305 e. The van der Waals surface area contributed by atoms with Crippen molar-refractivity contribution >= 4 is 5.69 Å². The van der Waals surface area contributed by atoms with E-state index in [4.69, 9.17) is 4.74 Å². The number of halogens is 1. The van der Waals surface area contributed by atoms with E-state index in [1.807, 2.05) is 0 Å². The molecule has 0 spiro atoms. The summed E-state index contributed by atoms with van der Waals surface area (Å²) in [5.41, 5.74) is -1.44. The summed E-state index contributed by atoms with van der Waals surface area (Å²) in [6, 6.07) is 3.38. The van der Waals surface area contributed by atoms with E-state index in [0.717, 1.165) is 31.4 Å². The molecule has 0 radical (unpaired) electrons. The summed E-state index contributed by atoms with van der Waals surface area (Å²) in [5, 5.41) is 20.7. The van der Waals surface area contributed by atoms with Gasteiger partial charge >= 0.3 is 5.69 Å². The summed E-state index contributed by atoms with van der Waals surface area (Å²) in [6.45, 7) is 0.0876. The molecule has 2 rings (SSSR count). The van der Waals surface area contributed by atoms with Gasteiger partial charge in [-0.05, 0) is 18.9 Å². The van der Waals surface area contributed by atoms with E-state index in [-0.39, 0.29) is 12.4 Å². The highest BCUT2D eigenvalue weighted by Gasteiger charge is 2.30. The van der Waals surface area contributed by atoms with E-state index in [0.29, 0.717) is 12.8 Å². The van der Waals surface area contributed by atoms with Gasteiger partial charge in [0, 0.05) is 12.1 Å². The first-order valence-electron chi connectivity index (χ1n) is 6.29. The fraction of sp³-hybridized carbons (Fsp3) is 0.538. The molecule has 104 valence electrons. The number of rotatable bonds is 4. The third-order valence-electron chi connectivity index (χ3n) is 3.41. The van der Waals surface area contributed by atoms with Crippen LogP contribution >= 0.6 is 0 Å². The van der Waals surface area contributed by atoms with Crippen LogP contribution in [0.15, 0.2) is 18.2 Å². The number of aliphatic hydroxyl groups is 1. The van der Waals surface area contributed by atoms with Crippen LogP contribution in [0.1, 0.15) is 32.1 Å². The number of benzene rings is 1. The molecule has 0 amide bonds. The molecule has 1 aromatic carbocycles. The van der Waals surface area contributed by atoms with Gasteiger partial charge in [0.05, 0.1) is 10.5 Å². The van der Waals surface area contributed by atoms with Crippen molar-refractivity contribution in [2.45, 2.75) is 37.7 Å². The third-order valence-corrected chi connectivity index (χ3v) is 3.41. The van der Waals surface area contributed by atoms with Gasteiger partial charge in [-0.15, -0.1) is 0 Å². The lowest BCUT2D eigenvalue weighted by molar-refractivity contribution is -0.387. The molecule has 1 N–H and O–H groups in total. The first-order chi connectivity index (χ1) is 9.00. The maximum atomic E-state index is 13.4. The molecule has 1 aromatic rings. The fourth-order valence-corrected chi connectivity index (χ4v) is 2.30. The molecular weight excluding hydrogens is 253 g/mol. The minimum atomic E-state index is -0.932. The second-order valence-corrected chi connectivity index (χ2v) is 4.94. The summed E-state index contributed by atoms with van der Waals surface area (Å²) >= 11 is 0.